The van der Waals surface area contributed by atoms with Crippen LogP contribution in [-0.2, 0) is 11.2 Å². The van der Waals surface area contributed by atoms with Crippen molar-refractivity contribution < 1.29 is 18.9 Å². The normalized spacial score (nSPS) is 10.3. The molecular formula is C14H23NO4. The lowest BCUT2D eigenvalue weighted by Crippen LogP contribution is -2.22. The van der Waals surface area contributed by atoms with Crippen molar-refractivity contribution in [2.75, 3.05) is 48.1 Å². The van der Waals surface area contributed by atoms with Gasteiger partial charge < -0.3 is 24.3 Å². The zero-order valence-electron chi connectivity index (χ0n) is 12.1. The molecule has 1 aromatic rings. The number of hydrogen-bond donors (Lipinski definition) is 1. The largest absolute Gasteiger partial charge is 0.496 e. The lowest BCUT2D eigenvalue weighted by Gasteiger charge is -2.15. The van der Waals surface area contributed by atoms with Crippen LogP contribution in [-0.4, -0.2) is 48.1 Å². The average molecular weight is 269 g/mol. The van der Waals surface area contributed by atoms with E-state index in [4.69, 9.17) is 18.9 Å². The highest BCUT2D eigenvalue weighted by Gasteiger charge is 2.12. The molecule has 1 N–H and O–H groups in total. The highest BCUT2D eigenvalue weighted by molar-refractivity contribution is 5.50. The standard InChI is InChI=1S/C14H23NO4/c1-16-8-7-15-6-5-12-13(18-3)9-11(17-2)10-14(12)19-4/h9-10,15H,5-8H2,1-4H3. The van der Waals surface area contributed by atoms with E-state index in [2.05, 4.69) is 5.32 Å². The maximum Gasteiger partial charge on any atom is 0.129 e. The SMILES string of the molecule is COCCNCCc1c(OC)cc(OC)cc1OC. The van der Waals surface area contributed by atoms with E-state index in [9.17, 15) is 0 Å². The highest BCUT2D eigenvalue weighted by Crippen LogP contribution is 2.34. The first-order valence-corrected chi connectivity index (χ1v) is 6.25. The number of rotatable bonds is 9. The molecule has 5 heteroatoms. The van der Waals surface area contributed by atoms with Gasteiger partial charge >= 0.3 is 0 Å². The smallest absolute Gasteiger partial charge is 0.129 e. The monoisotopic (exact) mass is 269 g/mol. The zero-order chi connectivity index (χ0) is 14.1. The molecule has 0 saturated carbocycles. The average Bonchev–Trinajstić information content (AvgIpc) is 2.46. The Morgan fingerprint density at radius 1 is 0.895 bits per heavy atom. The Morgan fingerprint density at radius 3 is 2.00 bits per heavy atom. The number of ether oxygens (including phenoxy) is 4. The van der Waals surface area contributed by atoms with Gasteiger partial charge in [-0.3, -0.25) is 0 Å². The molecule has 0 fully saturated rings. The summed E-state index contributed by atoms with van der Waals surface area (Å²) in [6.45, 7) is 2.37. The third-order valence-corrected chi connectivity index (χ3v) is 2.85. The Bertz CT molecular complexity index is 357. The summed E-state index contributed by atoms with van der Waals surface area (Å²) < 4.78 is 21.0. The minimum absolute atomic E-state index is 0.705. The van der Waals surface area contributed by atoms with Crippen LogP contribution in [0, 0.1) is 0 Å². The molecule has 0 saturated heterocycles. The van der Waals surface area contributed by atoms with Crippen LogP contribution in [0.15, 0.2) is 12.1 Å². The lowest BCUT2D eigenvalue weighted by atomic mass is 10.1. The van der Waals surface area contributed by atoms with E-state index >= 15 is 0 Å². The number of benzene rings is 1. The van der Waals surface area contributed by atoms with Crippen molar-refractivity contribution in [1.29, 1.82) is 0 Å². The molecule has 0 atom stereocenters. The lowest BCUT2D eigenvalue weighted by molar-refractivity contribution is 0.199. The summed E-state index contributed by atoms with van der Waals surface area (Å²) in [4.78, 5) is 0. The van der Waals surface area contributed by atoms with Gasteiger partial charge in [-0.25, -0.2) is 0 Å². The molecule has 19 heavy (non-hydrogen) atoms. The van der Waals surface area contributed by atoms with Crippen LogP contribution in [0.3, 0.4) is 0 Å². The summed E-state index contributed by atoms with van der Waals surface area (Å²) in [6, 6.07) is 3.74. The number of hydrogen-bond acceptors (Lipinski definition) is 5. The van der Waals surface area contributed by atoms with Crippen molar-refractivity contribution in [2.24, 2.45) is 0 Å². The van der Waals surface area contributed by atoms with E-state index in [0.29, 0.717) is 6.61 Å². The van der Waals surface area contributed by atoms with Crippen LogP contribution in [0.2, 0.25) is 0 Å². The summed E-state index contributed by atoms with van der Waals surface area (Å²) in [5.74, 6) is 2.29. The van der Waals surface area contributed by atoms with Crippen molar-refractivity contribution in [3.05, 3.63) is 17.7 Å². The molecule has 0 aromatic heterocycles. The Balaban J connectivity index is 2.73. The second-order valence-electron chi connectivity index (χ2n) is 4.00. The molecule has 0 bridgehead atoms. The second-order valence-corrected chi connectivity index (χ2v) is 4.00. The van der Waals surface area contributed by atoms with Crippen molar-refractivity contribution in [2.45, 2.75) is 6.42 Å². The Morgan fingerprint density at radius 2 is 1.53 bits per heavy atom. The molecule has 108 valence electrons. The topological polar surface area (TPSA) is 49.0 Å². The first-order valence-electron chi connectivity index (χ1n) is 6.25. The van der Waals surface area contributed by atoms with Gasteiger partial charge in [0.05, 0.1) is 27.9 Å². The minimum atomic E-state index is 0.705. The number of nitrogens with one attached hydrogen (secondary N) is 1. The van der Waals surface area contributed by atoms with E-state index < -0.39 is 0 Å². The summed E-state index contributed by atoms with van der Waals surface area (Å²) in [5.41, 5.74) is 1.04. The maximum atomic E-state index is 5.40. The van der Waals surface area contributed by atoms with E-state index in [1.54, 1.807) is 28.4 Å². The molecule has 0 aliphatic carbocycles. The summed E-state index contributed by atoms with van der Waals surface area (Å²) in [7, 11) is 6.61. The van der Waals surface area contributed by atoms with Crippen molar-refractivity contribution in [3.8, 4) is 17.2 Å². The van der Waals surface area contributed by atoms with Crippen molar-refractivity contribution in [1.82, 2.24) is 5.32 Å². The van der Waals surface area contributed by atoms with E-state index in [-0.39, 0.29) is 0 Å². The molecule has 1 rings (SSSR count). The van der Waals surface area contributed by atoms with E-state index in [1.807, 2.05) is 12.1 Å². The maximum absolute atomic E-state index is 5.40. The molecule has 1 aromatic carbocycles. The molecule has 0 aliphatic heterocycles. The van der Waals surface area contributed by atoms with Crippen LogP contribution < -0.4 is 19.5 Å². The third kappa shape index (κ3) is 4.61. The van der Waals surface area contributed by atoms with Gasteiger partial charge in [0, 0.05) is 31.4 Å². The van der Waals surface area contributed by atoms with Gasteiger partial charge in [0.15, 0.2) is 0 Å². The van der Waals surface area contributed by atoms with Crippen molar-refractivity contribution in [3.63, 3.8) is 0 Å². The summed E-state index contributed by atoms with van der Waals surface area (Å²) in [5, 5.41) is 3.30. The third-order valence-electron chi connectivity index (χ3n) is 2.85. The van der Waals surface area contributed by atoms with E-state index in [0.717, 1.165) is 42.3 Å². The van der Waals surface area contributed by atoms with Gasteiger partial charge in [0.2, 0.25) is 0 Å². The fraction of sp³-hybridized carbons (Fsp3) is 0.571. The summed E-state index contributed by atoms with van der Waals surface area (Å²) in [6.07, 6.45) is 0.819. The van der Waals surface area contributed by atoms with Gasteiger partial charge in [-0.1, -0.05) is 0 Å². The quantitative estimate of drug-likeness (QED) is 0.688. The molecule has 0 radical (unpaired) electrons. The van der Waals surface area contributed by atoms with Crippen LogP contribution in [0.5, 0.6) is 17.2 Å². The number of methoxy groups -OCH3 is 4. The Hall–Kier alpha value is -1.46. The Kier molecular flexibility index (Phi) is 7.07. The molecule has 0 heterocycles. The molecule has 0 spiro atoms. The van der Waals surface area contributed by atoms with Gasteiger partial charge in [-0.05, 0) is 13.0 Å². The predicted octanol–water partition coefficient (Wildman–Crippen LogP) is 1.49. The molecular weight excluding hydrogens is 246 g/mol. The van der Waals surface area contributed by atoms with E-state index in [1.165, 1.54) is 0 Å². The second kappa shape index (κ2) is 8.61. The molecule has 5 nitrogen and oxygen atoms in total. The fourth-order valence-corrected chi connectivity index (χ4v) is 1.84. The molecule has 0 amide bonds. The van der Waals surface area contributed by atoms with Gasteiger partial charge in [0.1, 0.15) is 17.2 Å². The van der Waals surface area contributed by atoms with Gasteiger partial charge in [-0.2, -0.15) is 0 Å². The Labute approximate surface area is 114 Å². The first-order chi connectivity index (χ1) is 9.26. The highest BCUT2D eigenvalue weighted by atomic mass is 16.5. The van der Waals surface area contributed by atoms with Gasteiger partial charge in [-0.15, -0.1) is 0 Å². The van der Waals surface area contributed by atoms with Crippen LogP contribution >= 0.6 is 0 Å². The zero-order valence-corrected chi connectivity index (χ0v) is 12.1. The van der Waals surface area contributed by atoms with Crippen molar-refractivity contribution >= 4 is 0 Å². The molecule has 0 aliphatic rings. The minimum Gasteiger partial charge on any atom is -0.496 e. The molecule has 0 unspecified atom stereocenters. The van der Waals surface area contributed by atoms with Gasteiger partial charge in [0.25, 0.3) is 0 Å². The summed E-state index contributed by atoms with van der Waals surface area (Å²) >= 11 is 0. The fourth-order valence-electron chi connectivity index (χ4n) is 1.84. The first kappa shape index (κ1) is 15.6. The predicted molar refractivity (Wildman–Crippen MR) is 74.5 cm³/mol. The van der Waals surface area contributed by atoms with Crippen LogP contribution in [0.4, 0.5) is 0 Å². The van der Waals surface area contributed by atoms with Crippen LogP contribution in [0.1, 0.15) is 5.56 Å². The van der Waals surface area contributed by atoms with Crippen LogP contribution in [0.25, 0.3) is 0 Å².